The molecule has 0 amide bonds. The number of pyridine rings is 2. The predicted molar refractivity (Wildman–Crippen MR) is 200 cm³/mol. The van der Waals surface area contributed by atoms with Crippen LogP contribution in [0.4, 0.5) is 0 Å². The molecule has 0 aliphatic carbocycles. The smallest absolute Gasteiger partial charge is 0.160 e. The quantitative estimate of drug-likeness (QED) is 0.195. The maximum Gasteiger partial charge on any atom is 0.160 e. The Morgan fingerprint density at radius 2 is 1.00 bits per heavy atom. The van der Waals surface area contributed by atoms with Gasteiger partial charge < -0.3 is 0 Å². The van der Waals surface area contributed by atoms with Gasteiger partial charge in [0.25, 0.3) is 0 Å². The number of nitrogens with zero attached hydrogens (tertiary/aromatic N) is 5. The second-order valence-corrected chi connectivity index (χ2v) is 12.4. The standard InChI is InChI=1S/C44H27N5/c1-3-11-32-25-34(22-16-28(32)9-1)39-27-38(46-44(47-39)35-23-17-29-10-2-4-12-33(29)26-35)30-18-20-31(21-19-30)41-43-42(36-13-5-6-14-37(36)45-41)48-40-15-7-8-24-49(40)43/h1-27H. The van der Waals surface area contributed by atoms with Gasteiger partial charge in [0, 0.05) is 33.8 Å². The molecule has 49 heavy (non-hydrogen) atoms. The number of benzene rings is 6. The van der Waals surface area contributed by atoms with Crippen molar-refractivity contribution < 1.29 is 0 Å². The van der Waals surface area contributed by atoms with Crippen molar-refractivity contribution in [1.82, 2.24) is 24.3 Å². The zero-order valence-electron chi connectivity index (χ0n) is 26.3. The third-order valence-corrected chi connectivity index (χ3v) is 9.38. The lowest BCUT2D eigenvalue weighted by atomic mass is 10.0. The van der Waals surface area contributed by atoms with Crippen molar-refractivity contribution in [2.24, 2.45) is 0 Å². The van der Waals surface area contributed by atoms with Gasteiger partial charge in [-0.05, 0) is 57.9 Å². The summed E-state index contributed by atoms with van der Waals surface area (Å²) in [6, 6.07) is 54.7. The molecule has 0 saturated heterocycles. The Hall–Kier alpha value is -6.72. The second kappa shape index (κ2) is 10.9. The molecule has 5 heteroatoms. The summed E-state index contributed by atoms with van der Waals surface area (Å²) in [6.45, 7) is 0. The van der Waals surface area contributed by atoms with Gasteiger partial charge in [-0.1, -0.05) is 121 Å². The number of rotatable bonds is 4. The zero-order valence-corrected chi connectivity index (χ0v) is 26.3. The van der Waals surface area contributed by atoms with E-state index in [1.54, 1.807) is 0 Å². The molecule has 0 saturated carbocycles. The summed E-state index contributed by atoms with van der Waals surface area (Å²) in [4.78, 5) is 20.5. The van der Waals surface area contributed by atoms with Crippen molar-refractivity contribution in [2.45, 2.75) is 0 Å². The molecular weight excluding hydrogens is 599 g/mol. The highest BCUT2D eigenvalue weighted by Crippen LogP contribution is 2.35. The van der Waals surface area contributed by atoms with Crippen LogP contribution in [-0.4, -0.2) is 24.3 Å². The molecule has 0 fully saturated rings. The Balaban J connectivity index is 1.14. The molecule has 4 heterocycles. The highest BCUT2D eigenvalue weighted by molar-refractivity contribution is 6.09. The molecule has 0 aliphatic heterocycles. The SMILES string of the molecule is c1ccc2cc(-c3cc(-c4ccc(-c5nc6ccccc6c6nc7ccccn7c56)cc4)nc(-c4ccc5ccccc5c4)n3)ccc2c1. The van der Waals surface area contributed by atoms with Crippen LogP contribution in [0.5, 0.6) is 0 Å². The Labute approximate surface area is 281 Å². The summed E-state index contributed by atoms with van der Waals surface area (Å²) in [6.07, 6.45) is 2.06. The summed E-state index contributed by atoms with van der Waals surface area (Å²) in [5, 5.41) is 5.78. The van der Waals surface area contributed by atoms with E-state index in [-0.39, 0.29) is 0 Å². The minimum Gasteiger partial charge on any atom is -0.298 e. The number of fused-ring (bicyclic) bond motifs is 7. The molecule has 228 valence electrons. The van der Waals surface area contributed by atoms with Gasteiger partial charge in [0.2, 0.25) is 0 Å². The van der Waals surface area contributed by atoms with Crippen LogP contribution < -0.4 is 0 Å². The van der Waals surface area contributed by atoms with Gasteiger partial charge in [-0.2, -0.15) is 0 Å². The van der Waals surface area contributed by atoms with Crippen LogP contribution in [0.3, 0.4) is 0 Å². The first-order valence-electron chi connectivity index (χ1n) is 16.4. The lowest BCUT2D eigenvalue weighted by Gasteiger charge is -2.12. The summed E-state index contributed by atoms with van der Waals surface area (Å²) < 4.78 is 2.13. The van der Waals surface area contributed by atoms with E-state index in [2.05, 4.69) is 138 Å². The third-order valence-electron chi connectivity index (χ3n) is 9.38. The van der Waals surface area contributed by atoms with Crippen molar-refractivity contribution in [2.75, 3.05) is 0 Å². The van der Waals surface area contributed by atoms with Gasteiger partial charge in [0.05, 0.1) is 28.1 Å². The molecule has 0 bridgehead atoms. The van der Waals surface area contributed by atoms with Crippen molar-refractivity contribution in [3.05, 3.63) is 164 Å². The molecule has 4 aromatic heterocycles. The first kappa shape index (κ1) is 27.4. The maximum absolute atomic E-state index is 5.17. The van der Waals surface area contributed by atoms with Gasteiger partial charge in [-0.3, -0.25) is 4.40 Å². The molecule has 10 rings (SSSR count). The highest BCUT2D eigenvalue weighted by Gasteiger charge is 2.17. The largest absolute Gasteiger partial charge is 0.298 e. The van der Waals surface area contributed by atoms with Crippen LogP contribution in [0, 0.1) is 0 Å². The average molecular weight is 626 g/mol. The number of imidazole rings is 1. The molecule has 6 aromatic carbocycles. The Morgan fingerprint density at radius 1 is 0.408 bits per heavy atom. The molecule has 10 aromatic rings. The number of para-hydroxylation sites is 1. The molecule has 0 unspecified atom stereocenters. The summed E-state index contributed by atoms with van der Waals surface area (Å²) in [7, 11) is 0. The first-order chi connectivity index (χ1) is 24.2. The molecule has 0 atom stereocenters. The average Bonchev–Trinajstić information content (AvgIpc) is 3.57. The van der Waals surface area contributed by atoms with Crippen molar-refractivity contribution in [3.8, 4) is 45.2 Å². The normalized spacial score (nSPS) is 11.7. The van der Waals surface area contributed by atoms with E-state index < -0.39 is 0 Å². The number of hydrogen-bond donors (Lipinski definition) is 0. The fraction of sp³-hybridized carbons (Fsp3) is 0. The van der Waals surface area contributed by atoms with E-state index in [1.165, 1.54) is 16.2 Å². The Morgan fingerprint density at radius 3 is 1.78 bits per heavy atom. The first-order valence-corrected chi connectivity index (χ1v) is 16.4. The molecule has 0 radical (unpaired) electrons. The minimum absolute atomic E-state index is 0.694. The molecule has 0 aliphatic rings. The topological polar surface area (TPSA) is 56.0 Å². The van der Waals surface area contributed by atoms with Crippen LogP contribution in [0.2, 0.25) is 0 Å². The van der Waals surface area contributed by atoms with Crippen LogP contribution in [0.15, 0.2) is 164 Å². The van der Waals surface area contributed by atoms with Crippen molar-refractivity contribution in [1.29, 1.82) is 0 Å². The van der Waals surface area contributed by atoms with E-state index >= 15 is 0 Å². The highest BCUT2D eigenvalue weighted by atomic mass is 15.0. The van der Waals surface area contributed by atoms with Gasteiger partial charge in [-0.25, -0.2) is 19.9 Å². The van der Waals surface area contributed by atoms with E-state index in [4.69, 9.17) is 19.9 Å². The lowest BCUT2D eigenvalue weighted by Crippen LogP contribution is -1.96. The van der Waals surface area contributed by atoms with Crippen molar-refractivity contribution in [3.63, 3.8) is 0 Å². The van der Waals surface area contributed by atoms with Crippen molar-refractivity contribution >= 4 is 49.1 Å². The van der Waals surface area contributed by atoms with E-state index in [1.807, 2.05) is 30.3 Å². The molecular formula is C44H27N5. The van der Waals surface area contributed by atoms with E-state index in [9.17, 15) is 0 Å². The lowest BCUT2D eigenvalue weighted by molar-refractivity contribution is 1.18. The molecule has 0 spiro atoms. The third kappa shape index (κ3) is 4.63. The van der Waals surface area contributed by atoms with E-state index in [0.717, 1.165) is 72.3 Å². The van der Waals surface area contributed by atoms with Crippen LogP contribution >= 0.6 is 0 Å². The summed E-state index contributed by atoms with van der Waals surface area (Å²) in [5.74, 6) is 0.694. The monoisotopic (exact) mass is 625 g/mol. The maximum atomic E-state index is 5.17. The summed E-state index contributed by atoms with van der Waals surface area (Å²) >= 11 is 0. The van der Waals surface area contributed by atoms with Gasteiger partial charge in [-0.15, -0.1) is 0 Å². The van der Waals surface area contributed by atoms with E-state index in [0.29, 0.717) is 5.82 Å². The fourth-order valence-corrected chi connectivity index (χ4v) is 6.90. The predicted octanol–water partition coefficient (Wildman–Crippen LogP) is 10.8. The van der Waals surface area contributed by atoms with Gasteiger partial charge >= 0.3 is 0 Å². The fourth-order valence-electron chi connectivity index (χ4n) is 6.90. The number of aromatic nitrogens is 5. The minimum atomic E-state index is 0.694. The van der Waals surface area contributed by atoms with Crippen LogP contribution in [0.25, 0.3) is 94.3 Å². The van der Waals surface area contributed by atoms with Gasteiger partial charge in [0.1, 0.15) is 11.2 Å². The van der Waals surface area contributed by atoms with Gasteiger partial charge in [0.15, 0.2) is 5.82 Å². The van der Waals surface area contributed by atoms with Crippen LogP contribution in [-0.2, 0) is 0 Å². The zero-order chi connectivity index (χ0) is 32.3. The molecule has 5 nitrogen and oxygen atoms in total. The Bertz CT molecular complexity index is 2790. The summed E-state index contributed by atoms with van der Waals surface area (Å²) in [5.41, 5.74) is 10.5. The molecule has 0 N–H and O–H groups in total. The Kier molecular flexibility index (Phi) is 6.11. The van der Waals surface area contributed by atoms with Crippen LogP contribution in [0.1, 0.15) is 0 Å². The number of hydrogen-bond acceptors (Lipinski definition) is 4. The second-order valence-electron chi connectivity index (χ2n) is 12.4.